The molecule has 4 nitrogen and oxygen atoms in total. The number of nitrogens with one attached hydrogen (secondary N) is 2. The Balaban J connectivity index is 2.33. The third-order valence-electron chi connectivity index (χ3n) is 3.29. The second-order valence-corrected chi connectivity index (χ2v) is 5.52. The maximum Gasteiger partial charge on any atom is 0.312 e. The number of hydrogen-bond acceptors (Lipinski definition) is 2. The van der Waals surface area contributed by atoms with Crippen molar-refractivity contribution >= 4 is 34.8 Å². The Morgan fingerprint density at radius 3 is 2.85 bits per heavy atom. The minimum absolute atomic E-state index is 0.442. The van der Waals surface area contributed by atoms with Crippen LogP contribution in [0.1, 0.15) is 18.4 Å². The van der Waals surface area contributed by atoms with Crippen molar-refractivity contribution in [1.29, 1.82) is 0 Å². The van der Waals surface area contributed by atoms with Crippen LogP contribution >= 0.6 is 23.2 Å². The van der Waals surface area contributed by atoms with Gasteiger partial charge in [-0.2, -0.15) is 0 Å². The highest BCUT2D eigenvalue weighted by atomic mass is 35.5. The Morgan fingerprint density at radius 2 is 2.15 bits per heavy atom. The summed E-state index contributed by atoms with van der Waals surface area (Å²) in [4.78, 5) is 10.9. The Bertz CT molecular complexity index is 543. The summed E-state index contributed by atoms with van der Waals surface area (Å²) in [7, 11) is 0. The van der Waals surface area contributed by atoms with E-state index in [0.29, 0.717) is 16.6 Å². The first-order valence-corrected chi connectivity index (χ1v) is 7.24. The van der Waals surface area contributed by atoms with Gasteiger partial charge in [0.05, 0.1) is 10.0 Å². The van der Waals surface area contributed by atoms with Crippen molar-refractivity contribution in [2.24, 2.45) is 5.73 Å². The zero-order chi connectivity index (χ0) is 14.5. The van der Waals surface area contributed by atoms with Crippen molar-refractivity contribution in [3.8, 4) is 0 Å². The number of halogens is 2. The summed E-state index contributed by atoms with van der Waals surface area (Å²) < 4.78 is 0. The van der Waals surface area contributed by atoms with E-state index in [4.69, 9.17) is 28.9 Å². The predicted molar refractivity (Wildman–Crippen MR) is 83.1 cm³/mol. The summed E-state index contributed by atoms with van der Waals surface area (Å²) in [6.07, 6.45) is 1.97. The van der Waals surface area contributed by atoms with Gasteiger partial charge in [0.1, 0.15) is 0 Å². The molecule has 0 aliphatic carbocycles. The molecule has 20 heavy (non-hydrogen) atoms. The fourth-order valence-electron chi connectivity index (χ4n) is 2.31. The molecule has 1 aromatic rings. The van der Waals surface area contributed by atoms with Crippen LogP contribution in [0.4, 0.5) is 4.79 Å². The van der Waals surface area contributed by atoms with Crippen LogP contribution in [0.3, 0.4) is 0 Å². The molecule has 1 aliphatic heterocycles. The molecule has 0 atom stereocenters. The summed E-state index contributed by atoms with van der Waals surface area (Å²) >= 11 is 12.0. The number of primary amides is 1. The molecule has 1 heterocycles. The van der Waals surface area contributed by atoms with Gasteiger partial charge >= 0.3 is 6.03 Å². The van der Waals surface area contributed by atoms with Gasteiger partial charge in [0.15, 0.2) is 0 Å². The van der Waals surface area contributed by atoms with Crippen LogP contribution < -0.4 is 16.4 Å². The average molecular weight is 314 g/mol. The quantitative estimate of drug-likeness (QED) is 0.803. The number of allylic oxidation sites excluding steroid dienone is 1. The molecule has 0 bridgehead atoms. The second-order valence-electron chi connectivity index (χ2n) is 4.71. The molecule has 2 amide bonds. The number of benzene rings is 1. The number of carbonyl (C=O) groups excluding carboxylic acids is 1. The number of nitrogens with two attached hydrogens (primary N) is 1. The minimum Gasteiger partial charge on any atom is -0.352 e. The SMILES string of the molecule is NC(=O)NCC1=C(c2ccc(Cl)c(Cl)c2)CCCNC1. The minimum atomic E-state index is -0.518. The molecule has 0 unspecified atom stereocenters. The molecule has 0 radical (unpaired) electrons. The van der Waals surface area contributed by atoms with Gasteiger partial charge in [0, 0.05) is 13.1 Å². The Morgan fingerprint density at radius 1 is 1.35 bits per heavy atom. The lowest BCUT2D eigenvalue weighted by Crippen LogP contribution is -2.33. The maximum absolute atomic E-state index is 10.9. The van der Waals surface area contributed by atoms with Crippen molar-refractivity contribution < 1.29 is 4.79 Å². The van der Waals surface area contributed by atoms with Gasteiger partial charge in [-0.05, 0) is 48.2 Å². The van der Waals surface area contributed by atoms with Gasteiger partial charge in [-0.15, -0.1) is 0 Å². The lowest BCUT2D eigenvalue weighted by atomic mass is 9.96. The van der Waals surface area contributed by atoms with E-state index < -0.39 is 6.03 Å². The van der Waals surface area contributed by atoms with Crippen LogP contribution in [0.2, 0.25) is 10.0 Å². The highest BCUT2D eigenvalue weighted by Crippen LogP contribution is 2.30. The lowest BCUT2D eigenvalue weighted by molar-refractivity contribution is 0.249. The molecule has 2 rings (SSSR count). The summed E-state index contributed by atoms with van der Waals surface area (Å²) in [6.45, 7) is 2.12. The van der Waals surface area contributed by atoms with Gasteiger partial charge in [0.2, 0.25) is 0 Å². The van der Waals surface area contributed by atoms with Gasteiger partial charge in [-0.1, -0.05) is 29.3 Å². The van der Waals surface area contributed by atoms with Crippen molar-refractivity contribution in [2.75, 3.05) is 19.6 Å². The zero-order valence-electron chi connectivity index (χ0n) is 11.0. The number of amides is 2. The Kier molecular flexibility index (Phi) is 5.29. The summed E-state index contributed by atoms with van der Waals surface area (Å²) in [5.41, 5.74) is 8.51. The first kappa shape index (κ1) is 15.2. The van der Waals surface area contributed by atoms with Crippen LogP contribution in [-0.2, 0) is 0 Å². The van der Waals surface area contributed by atoms with E-state index in [2.05, 4.69) is 10.6 Å². The molecule has 0 spiro atoms. The fourth-order valence-corrected chi connectivity index (χ4v) is 2.61. The number of rotatable bonds is 3. The normalized spacial score (nSPS) is 15.9. The molecule has 4 N–H and O–H groups in total. The van der Waals surface area contributed by atoms with E-state index >= 15 is 0 Å². The maximum atomic E-state index is 10.9. The van der Waals surface area contributed by atoms with Gasteiger partial charge in [0.25, 0.3) is 0 Å². The summed E-state index contributed by atoms with van der Waals surface area (Å²) in [5, 5.41) is 7.07. The van der Waals surface area contributed by atoms with Gasteiger partial charge < -0.3 is 16.4 Å². The van der Waals surface area contributed by atoms with Crippen LogP contribution in [0.15, 0.2) is 23.8 Å². The van der Waals surface area contributed by atoms with Crippen molar-refractivity contribution in [3.05, 3.63) is 39.4 Å². The largest absolute Gasteiger partial charge is 0.352 e. The highest BCUT2D eigenvalue weighted by molar-refractivity contribution is 6.42. The first-order valence-electron chi connectivity index (χ1n) is 6.48. The van der Waals surface area contributed by atoms with E-state index in [-0.39, 0.29) is 0 Å². The van der Waals surface area contributed by atoms with E-state index in [0.717, 1.165) is 37.1 Å². The molecule has 1 aromatic carbocycles. The molecular weight excluding hydrogens is 297 g/mol. The molecule has 1 aliphatic rings. The van der Waals surface area contributed by atoms with E-state index in [1.165, 1.54) is 5.57 Å². The summed E-state index contributed by atoms with van der Waals surface area (Å²) in [5.74, 6) is 0. The smallest absolute Gasteiger partial charge is 0.312 e. The van der Waals surface area contributed by atoms with Gasteiger partial charge in [-0.25, -0.2) is 4.79 Å². The van der Waals surface area contributed by atoms with E-state index in [1.54, 1.807) is 6.07 Å². The molecule has 0 fully saturated rings. The van der Waals surface area contributed by atoms with E-state index in [1.807, 2.05) is 12.1 Å². The van der Waals surface area contributed by atoms with E-state index in [9.17, 15) is 4.79 Å². The highest BCUT2D eigenvalue weighted by Gasteiger charge is 2.14. The Hall–Kier alpha value is -1.23. The molecule has 0 aromatic heterocycles. The van der Waals surface area contributed by atoms with Crippen molar-refractivity contribution in [2.45, 2.75) is 12.8 Å². The summed E-state index contributed by atoms with van der Waals surface area (Å²) in [6, 6.07) is 5.10. The number of carbonyl (C=O) groups is 1. The topological polar surface area (TPSA) is 67.2 Å². The van der Waals surface area contributed by atoms with Gasteiger partial charge in [-0.3, -0.25) is 0 Å². The molecule has 6 heteroatoms. The number of hydrogen-bond donors (Lipinski definition) is 3. The van der Waals surface area contributed by atoms with Crippen LogP contribution in [0.25, 0.3) is 5.57 Å². The molecule has 108 valence electrons. The van der Waals surface area contributed by atoms with Crippen molar-refractivity contribution in [3.63, 3.8) is 0 Å². The average Bonchev–Trinajstić information content (AvgIpc) is 2.65. The second kappa shape index (κ2) is 6.97. The Labute approximate surface area is 128 Å². The molecule has 0 saturated carbocycles. The zero-order valence-corrected chi connectivity index (χ0v) is 12.5. The fraction of sp³-hybridized carbons (Fsp3) is 0.357. The monoisotopic (exact) mass is 313 g/mol. The van der Waals surface area contributed by atoms with Crippen LogP contribution in [0.5, 0.6) is 0 Å². The third-order valence-corrected chi connectivity index (χ3v) is 4.03. The number of urea groups is 1. The van der Waals surface area contributed by atoms with Crippen LogP contribution in [0, 0.1) is 0 Å². The van der Waals surface area contributed by atoms with Crippen molar-refractivity contribution in [1.82, 2.24) is 10.6 Å². The third kappa shape index (κ3) is 3.88. The molecule has 0 saturated heterocycles. The predicted octanol–water partition coefficient (Wildman–Crippen LogP) is 2.80. The molecular formula is C14H17Cl2N3O. The standard InChI is InChI=1S/C14H17Cl2N3O/c15-12-4-3-9(6-13(12)16)11-2-1-5-18-7-10(11)8-19-14(17)20/h3-4,6,18H,1-2,5,7-8H2,(H3,17,19,20). The van der Waals surface area contributed by atoms with Crippen LogP contribution in [-0.4, -0.2) is 25.7 Å². The lowest BCUT2D eigenvalue weighted by Gasteiger charge is -2.14. The first-order chi connectivity index (χ1) is 9.58.